The average Bonchev–Trinajstić information content (AvgIpc) is 2.97. The predicted molar refractivity (Wildman–Crippen MR) is 102 cm³/mol. The lowest BCUT2D eigenvalue weighted by atomic mass is 9.71. The number of halogens is 1. The largest absolute Gasteiger partial charge is 0.348 e. The second-order valence-electron chi connectivity index (χ2n) is 7.24. The molecule has 1 aromatic carbocycles. The molecule has 1 aliphatic carbocycles. The first-order valence-electron chi connectivity index (χ1n) is 8.48. The average molecular weight is 363 g/mol. The third kappa shape index (κ3) is 3.88. The smallest absolute Gasteiger partial charge is 0.242 e. The number of benzene rings is 1. The van der Waals surface area contributed by atoms with Gasteiger partial charge in [-0.15, -0.1) is 12.4 Å². The maximum Gasteiger partial charge on any atom is 0.242 e. The minimum Gasteiger partial charge on any atom is -0.348 e. The fraction of sp³-hybridized carbons (Fsp3) is 0.474. The zero-order valence-corrected chi connectivity index (χ0v) is 16.1. The monoisotopic (exact) mass is 362 g/mol. The first kappa shape index (κ1) is 19.5. The van der Waals surface area contributed by atoms with Gasteiger partial charge in [0.05, 0.1) is 12.2 Å². The van der Waals surface area contributed by atoms with Crippen LogP contribution in [0.5, 0.6) is 0 Å². The third-order valence-corrected chi connectivity index (χ3v) is 5.05. The number of amides is 1. The number of carbonyl (C=O) groups excluding carboxylic acids is 1. The quantitative estimate of drug-likeness (QED) is 0.878. The van der Waals surface area contributed by atoms with E-state index in [1.54, 1.807) is 17.9 Å². The van der Waals surface area contributed by atoms with E-state index in [4.69, 9.17) is 0 Å². The summed E-state index contributed by atoms with van der Waals surface area (Å²) in [5, 5.41) is 10.5. The Labute approximate surface area is 155 Å². The third-order valence-electron chi connectivity index (χ3n) is 5.05. The summed E-state index contributed by atoms with van der Waals surface area (Å²) in [5.41, 5.74) is 3.61. The van der Waals surface area contributed by atoms with Crippen molar-refractivity contribution in [2.45, 2.75) is 44.2 Å². The van der Waals surface area contributed by atoms with Crippen LogP contribution < -0.4 is 10.6 Å². The molecule has 2 atom stereocenters. The molecule has 1 aromatic heterocycles. The fourth-order valence-corrected chi connectivity index (χ4v) is 3.66. The SMILES string of the molecule is CNC(C(=O)NC1CCC(C)(C)c2ccccc21)c1cnn(C)c1.Cl. The van der Waals surface area contributed by atoms with Gasteiger partial charge in [0.2, 0.25) is 5.91 Å². The molecule has 0 aliphatic heterocycles. The summed E-state index contributed by atoms with van der Waals surface area (Å²) in [5.74, 6) is -0.00925. The van der Waals surface area contributed by atoms with Crippen LogP contribution in [-0.2, 0) is 17.3 Å². The Morgan fingerprint density at radius 3 is 2.72 bits per heavy atom. The molecule has 0 fully saturated rings. The molecule has 25 heavy (non-hydrogen) atoms. The molecule has 136 valence electrons. The predicted octanol–water partition coefficient (Wildman–Crippen LogP) is 3.03. The Balaban J connectivity index is 0.00000225. The molecule has 2 unspecified atom stereocenters. The number of likely N-dealkylation sites (N-methyl/N-ethyl adjacent to an activating group) is 1. The van der Waals surface area contributed by atoms with Crippen molar-refractivity contribution in [2.75, 3.05) is 7.05 Å². The van der Waals surface area contributed by atoms with Crippen molar-refractivity contribution >= 4 is 18.3 Å². The molecule has 2 N–H and O–H groups in total. The van der Waals surface area contributed by atoms with E-state index in [1.807, 2.05) is 13.2 Å². The number of hydrogen-bond acceptors (Lipinski definition) is 3. The standard InChI is InChI=1S/C19H26N4O.ClH/c1-19(2)10-9-16(14-7-5-6-8-15(14)19)22-18(24)17(20-3)13-11-21-23(4)12-13;/h5-8,11-12,16-17,20H,9-10H2,1-4H3,(H,22,24);1H. The number of nitrogens with zero attached hydrogens (tertiary/aromatic N) is 2. The number of rotatable bonds is 4. The van der Waals surface area contributed by atoms with E-state index >= 15 is 0 Å². The molecule has 6 heteroatoms. The van der Waals surface area contributed by atoms with Crippen molar-refractivity contribution in [1.29, 1.82) is 0 Å². The molecule has 1 aliphatic rings. The molecule has 0 saturated carbocycles. The van der Waals surface area contributed by atoms with Gasteiger partial charge in [-0.1, -0.05) is 38.1 Å². The van der Waals surface area contributed by atoms with Gasteiger partial charge in [0, 0.05) is 18.8 Å². The van der Waals surface area contributed by atoms with Crippen LogP contribution in [0.15, 0.2) is 36.7 Å². The number of carbonyl (C=O) groups is 1. The molecule has 3 rings (SSSR count). The minimum absolute atomic E-state index is 0. The summed E-state index contributed by atoms with van der Waals surface area (Å²) < 4.78 is 1.71. The molecule has 1 amide bonds. The highest BCUT2D eigenvalue weighted by atomic mass is 35.5. The summed E-state index contributed by atoms with van der Waals surface area (Å²) in [4.78, 5) is 12.8. The Hall–Kier alpha value is -1.85. The summed E-state index contributed by atoms with van der Waals surface area (Å²) in [6, 6.07) is 8.13. The Kier molecular flexibility index (Phi) is 5.91. The molecule has 0 spiro atoms. The number of fused-ring (bicyclic) bond motifs is 1. The van der Waals surface area contributed by atoms with Crippen molar-refractivity contribution in [3.05, 3.63) is 53.3 Å². The molecule has 0 radical (unpaired) electrons. The number of aryl methyl sites for hydroxylation is 1. The van der Waals surface area contributed by atoms with Gasteiger partial charge in [0.25, 0.3) is 0 Å². The van der Waals surface area contributed by atoms with Crippen LogP contribution in [0.2, 0.25) is 0 Å². The van der Waals surface area contributed by atoms with Crippen LogP contribution in [0.3, 0.4) is 0 Å². The van der Waals surface area contributed by atoms with Gasteiger partial charge in [-0.2, -0.15) is 5.10 Å². The van der Waals surface area contributed by atoms with E-state index in [0.717, 1.165) is 18.4 Å². The van der Waals surface area contributed by atoms with Crippen LogP contribution in [0.25, 0.3) is 0 Å². The van der Waals surface area contributed by atoms with E-state index in [9.17, 15) is 4.79 Å². The maximum atomic E-state index is 12.8. The molecule has 0 saturated heterocycles. The lowest BCUT2D eigenvalue weighted by Gasteiger charge is -2.37. The fourth-order valence-electron chi connectivity index (χ4n) is 3.66. The number of aromatic nitrogens is 2. The van der Waals surface area contributed by atoms with Crippen molar-refractivity contribution in [2.24, 2.45) is 7.05 Å². The Bertz CT molecular complexity index is 741. The summed E-state index contributed by atoms with van der Waals surface area (Å²) >= 11 is 0. The summed E-state index contributed by atoms with van der Waals surface area (Å²) in [7, 11) is 3.66. The van der Waals surface area contributed by atoms with Crippen molar-refractivity contribution < 1.29 is 4.79 Å². The highest BCUT2D eigenvalue weighted by Gasteiger charge is 2.34. The van der Waals surface area contributed by atoms with E-state index in [-0.39, 0.29) is 35.8 Å². The minimum atomic E-state index is -0.388. The maximum absolute atomic E-state index is 12.8. The molecule has 2 aromatic rings. The summed E-state index contributed by atoms with van der Waals surface area (Å²) in [6.45, 7) is 4.55. The molecule has 0 bridgehead atoms. The van der Waals surface area contributed by atoms with Crippen LogP contribution in [0, 0.1) is 0 Å². The van der Waals surface area contributed by atoms with Crippen molar-refractivity contribution in [3.63, 3.8) is 0 Å². The number of nitrogens with one attached hydrogen (secondary N) is 2. The number of hydrogen-bond donors (Lipinski definition) is 2. The molecule has 1 heterocycles. The van der Waals surface area contributed by atoms with Crippen LogP contribution >= 0.6 is 12.4 Å². The van der Waals surface area contributed by atoms with E-state index in [2.05, 4.69) is 53.8 Å². The van der Waals surface area contributed by atoms with Crippen molar-refractivity contribution in [1.82, 2.24) is 20.4 Å². The first-order valence-corrected chi connectivity index (χ1v) is 8.48. The topological polar surface area (TPSA) is 59.0 Å². The highest BCUT2D eigenvalue weighted by Crippen LogP contribution is 2.41. The lowest BCUT2D eigenvalue weighted by molar-refractivity contribution is -0.124. The van der Waals surface area contributed by atoms with Gasteiger partial charge < -0.3 is 10.6 Å². The van der Waals surface area contributed by atoms with Gasteiger partial charge >= 0.3 is 0 Å². The van der Waals surface area contributed by atoms with Crippen LogP contribution in [0.1, 0.15) is 55.5 Å². The lowest BCUT2D eigenvalue weighted by Crippen LogP contribution is -2.40. The van der Waals surface area contributed by atoms with Gasteiger partial charge in [-0.3, -0.25) is 9.48 Å². The normalized spacial score (nSPS) is 19.4. The van der Waals surface area contributed by atoms with Crippen LogP contribution in [-0.4, -0.2) is 22.7 Å². The van der Waals surface area contributed by atoms with E-state index < -0.39 is 0 Å². The highest BCUT2D eigenvalue weighted by molar-refractivity contribution is 5.85. The molecular formula is C19H27ClN4O. The second kappa shape index (κ2) is 7.58. The summed E-state index contributed by atoms with van der Waals surface area (Å²) in [6.07, 6.45) is 5.63. The molecular weight excluding hydrogens is 336 g/mol. The second-order valence-corrected chi connectivity index (χ2v) is 7.24. The van der Waals surface area contributed by atoms with E-state index in [0.29, 0.717) is 0 Å². The first-order chi connectivity index (χ1) is 11.4. The van der Waals surface area contributed by atoms with Crippen LogP contribution in [0.4, 0.5) is 0 Å². The van der Waals surface area contributed by atoms with Gasteiger partial charge in [0.15, 0.2) is 0 Å². The Morgan fingerprint density at radius 2 is 2.08 bits per heavy atom. The zero-order chi connectivity index (χ0) is 17.3. The van der Waals surface area contributed by atoms with Gasteiger partial charge in [0.1, 0.15) is 6.04 Å². The van der Waals surface area contributed by atoms with Crippen molar-refractivity contribution in [3.8, 4) is 0 Å². The van der Waals surface area contributed by atoms with Gasteiger partial charge in [-0.25, -0.2) is 0 Å². The van der Waals surface area contributed by atoms with E-state index in [1.165, 1.54) is 11.1 Å². The zero-order valence-electron chi connectivity index (χ0n) is 15.2. The molecule has 5 nitrogen and oxygen atoms in total. The van der Waals surface area contributed by atoms with Gasteiger partial charge in [-0.05, 0) is 36.4 Å². The Morgan fingerprint density at radius 1 is 1.36 bits per heavy atom.